The Hall–Kier alpha value is -1.26. The summed E-state index contributed by atoms with van der Waals surface area (Å²) in [5.74, 6) is -0.493. The molecule has 15 heavy (non-hydrogen) atoms. The molecule has 82 valence electrons. The lowest BCUT2D eigenvalue weighted by Gasteiger charge is -2.05. The van der Waals surface area contributed by atoms with Gasteiger partial charge in [-0.25, -0.2) is 4.39 Å². The van der Waals surface area contributed by atoms with Crippen LogP contribution in [0.4, 0.5) is 4.39 Å². The number of benzene rings is 1. The van der Waals surface area contributed by atoms with Crippen molar-refractivity contribution in [1.82, 2.24) is 0 Å². The van der Waals surface area contributed by atoms with E-state index in [0.717, 1.165) is 0 Å². The van der Waals surface area contributed by atoms with Crippen LogP contribution in [-0.2, 0) is 4.74 Å². The van der Waals surface area contributed by atoms with E-state index in [1.54, 1.807) is 6.92 Å². The average molecular weight is 211 g/mol. The topological polar surface area (TPSA) is 52.3 Å². The van der Waals surface area contributed by atoms with Crippen LogP contribution < -0.4 is 5.73 Å². The summed E-state index contributed by atoms with van der Waals surface area (Å²) in [5, 5.41) is 0. The Labute approximate surface area is 88.0 Å². The first-order chi connectivity index (χ1) is 7.15. The summed E-state index contributed by atoms with van der Waals surface area (Å²) in [7, 11) is 0. The lowest BCUT2D eigenvalue weighted by atomic mass is 10.1. The molecule has 0 heterocycles. The maximum Gasteiger partial charge on any atom is 0.188 e. The number of hydrogen-bond acceptors (Lipinski definition) is 3. The van der Waals surface area contributed by atoms with Crippen LogP contribution in [0.1, 0.15) is 15.9 Å². The van der Waals surface area contributed by atoms with Gasteiger partial charge in [0, 0.05) is 12.1 Å². The van der Waals surface area contributed by atoms with Crippen molar-refractivity contribution in [2.24, 2.45) is 5.73 Å². The van der Waals surface area contributed by atoms with E-state index in [0.29, 0.717) is 24.3 Å². The number of hydrogen-bond donors (Lipinski definition) is 1. The Morgan fingerprint density at radius 2 is 2.27 bits per heavy atom. The van der Waals surface area contributed by atoms with Gasteiger partial charge >= 0.3 is 0 Å². The quantitative estimate of drug-likeness (QED) is 0.590. The molecule has 0 aliphatic heterocycles. The fourth-order valence-electron chi connectivity index (χ4n) is 1.27. The van der Waals surface area contributed by atoms with Crippen molar-refractivity contribution < 1.29 is 13.9 Å². The van der Waals surface area contributed by atoms with E-state index < -0.39 is 0 Å². The Bertz CT molecular complexity index is 352. The molecule has 2 N–H and O–H groups in total. The van der Waals surface area contributed by atoms with Crippen LogP contribution >= 0.6 is 0 Å². The van der Waals surface area contributed by atoms with Crippen LogP contribution in [-0.4, -0.2) is 25.5 Å². The van der Waals surface area contributed by atoms with Crippen LogP contribution in [0.2, 0.25) is 0 Å². The van der Waals surface area contributed by atoms with Gasteiger partial charge in [-0.1, -0.05) is 0 Å². The van der Waals surface area contributed by atoms with E-state index in [1.165, 1.54) is 18.2 Å². The summed E-state index contributed by atoms with van der Waals surface area (Å²) in [4.78, 5) is 11.6. The largest absolute Gasteiger partial charge is 0.372 e. The van der Waals surface area contributed by atoms with Gasteiger partial charge in [0.05, 0.1) is 6.61 Å². The van der Waals surface area contributed by atoms with Crippen LogP contribution in [0.5, 0.6) is 0 Å². The maximum absolute atomic E-state index is 12.8. The summed E-state index contributed by atoms with van der Waals surface area (Å²) in [6, 6.07) is 4.07. The summed E-state index contributed by atoms with van der Waals surface area (Å²) in [5.41, 5.74) is 6.33. The molecule has 0 spiro atoms. The van der Waals surface area contributed by atoms with Gasteiger partial charge < -0.3 is 10.5 Å². The smallest absolute Gasteiger partial charge is 0.188 e. The molecule has 0 unspecified atom stereocenters. The van der Waals surface area contributed by atoms with Crippen molar-refractivity contribution in [3.8, 4) is 0 Å². The van der Waals surface area contributed by atoms with E-state index in [1.807, 2.05) is 0 Å². The van der Waals surface area contributed by atoms with Crippen molar-refractivity contribution in [2.45, 2.75) is 6.92 Å². The molecule has 0 aliphatic carbocycles. The predicted octanol–water partition coefficient (Wildman–Crippen LogP) is 1.29. The van der Waals surface area contributed by atoms with E-state index in [2.05, 4.69) is 0 Å². The minimum Gasteiger partial charge on any atom is -0.372 e. The van der Waals surface area contributed by atoms with Gasteiger partial charge in [0.25, 0.3) is 0 Å². The third-order valence-electron chi connectivity index (χ3n) is 1.98. The van der Waals surface area contributed by atoms with Gasteiger partial charge in [-0.3, -0.25) is 4.79 Å². The first-order valence-electron chi connectivity index (χ1n) is 4.72. The second-order valence-corrected chi connectivity index (χ2v) is 3.22. The SMILES string of the molecule is Cc1cc(F)ccc1C(=O)COCCN. The minimum absolute atomic E-state index is 0.0102. The van der Waals surface area contributed by atoms with Crippen LogP contribution in [0, 0.1) is 12.7 Å². The average Bonchev–Trinajstić information content (AvgIpc) is 2.17. The molecule has 0 saturated heterocycles. The Balaban J connectivity index is 2.65. The zero-order valence-corrected chi connectivity index (χ0v) is 8.63. The number of aryl methyl sites for hydroxylation is 1. The molecular formula is C11H14FNO2. The Morgan fingerprint density at radius 1 is 1.53 bits per heavy atom. The number of rotatable bonds is 5. The fourth-order valence-corrected chi connectivity index (χ4v) is 1.27. The molecule has 0 amide bonds. The number of carbonyl (C=O) groups is 1. The third-order valence-corrected chi connectivity index (χ3v) is 1.98. The van der Waals surface area contributed by atoms with E-state index in [9.17, 15) is 9.18 Å². The molecule has 0 atom stereocenters. The molecule has 0 bridgehead atoms. The minimum atomic E-state index is -0.341. The van der Waals surface area contributed by atoms with Crippen LogP contribution in [0.15, 0.2) is 18.2 Å². The van der Waals surface area contributed by atoms with Crippen LogP contribution in [0.25, 0.3) is 0 Å². The molecule has 1 rings (SSSR count). The van der Waals surface area contributed by atoms with Crippen molar-refractivity contribution in [2.75, 3.05) is 19.8 Å². The van der Waals surface area contributed by atoms with Gasteiger partial charge in [-0.2, -0.15) is 0 Å². The number of nitrogens with two attached hydrogens (primary N) is 1. The van der Waals surface area contributed by atoms with Crippen LogP contribution in [0.3, 0.4) is 0 Å². The molecule has 4 heteroatoms. The van der Waals surface area contributed by atoms with Gasteiger partial charge in [0.1, 0.15) is 12.4 Å². The first kappa shape index (κ1) is 11.8. The second-order valence-electron chi connectivity index (χ2n) is 3.22. The Morgan fingerprint density at radius 3 is 2.87 bits per heavy atom. The molecule has 0 saturated carbocycles. The summed E-state index contributed by atoms with van der Waals surface area (Å²) >= 11 is 0. The molecule has 0 aliphatic rings. The zero-order valence-electron chi connectivity index (χ0n) is 8.63. The third kappa shape index (κ3) is 3.42. The predicted molar refractivity (Wildman–Crippen MR) is 55.3 cm³/mol. The highest BCUT2D eigenvalue weighted by atomic mass is 19.1. The summed E-state index contributed by atoms with van der Waals surface area (Å²) in [6.45, 7) is 2.42. The fraction of sp³-hybridized carbons (Fsp3) is 0.364. The highest BCUT2D eigenvalue weighted by Crippen LogP contribution is 2.10. The molecule has 0 radical (unpaired) electrons. The number of ketones is 1. The van der Waals surface area contributed by atoms with Crippen molar-refractivity contribution >= 4 is 5.78 Å². The van der Waals surface area contributed by atoms with Gasteiger partial charge in [0.15, 0.2) is 5.78 Å². The van der Waals surface area contributed by atoms with E-state index in [4.69, 9.17) is 10.5 Å². The number of halogens is 1. The lowest BCUT2D eigenvalue weighted by molar-refractivity contribution is 0.0773. The first-order valence-corrected chi connectivity index (χ1v) is 4.72. The molecule has 0 aromatic heterocycles. The van der Waals surface area contributed by atoms with Gasteiger partial charge in [0.2, 0.25) is 0 Å². The number of carbonyl (C=O) groups excluding carboxylic acids is 1. The molecule has 3 nitrogen and oxygen atoms in total. The van der Waals surface area contributed by atoms with E-state index >= 15 is 0 Å². The van der Waals surface area contributed by atoms with Gasteiger partial charge in [-0.15, -0.1) is 0 Å². The van der Waals surface area contributed by atoms with E-state index in [-0.39, 0.29) is 18.2 Å². The lowest BCUT2D eigenvalue weighted by Crippen LogP contribution is -2.15. The standard InChI is InChI=1S/C11H14FNO2/c1-8-6-9(12)2-3-10(8)11(14)7-15-5-4-13/h2-3,6H,4-5,7,13H2,1H3. The second kappa shape index (κ2) is 5.58. The highest BCUT2D eigenvalue weighted by molar-refractivity contribution is 5.98. The zero-order chi connectivity index (χ0) is 11.3. The molecule has 1 aromatic carbocycles. The highest BCUT2D eigenvalue weighted by Gasteiger charge is 2.09. The maximum atomic E-state index is 12.8. The molecule has 1 aromatic rings. The molecular weight excluding hydrogens is 197 g/mol. The number of Topliss-reactive ketones (excluding diaryl/α,β-unsaturated/α-hetero) is 1. The normalized spacial score (nSPS) is 10.3. The Kier molecular flexibility index (Phi) is 4.39. The van der Waals surface area contributed by atoms with Gasteiger partial charge in [-0.05, 0) is 30.7 Å². The van der Waals surface area contributed by atoms with Crippen molar-refractivity contribution in [3.63, 3.8) is 0 Å². The summed E-state index contributed by atoms with van der Waals surface area (Å²) in [6.07, 6.45) is 0. The summed E-state index contributed by atoms with van der Waals surface area (Å²) < 4.78 is 17.8. The monoisotopic (exact) mass is 211 g/mol. The molecule has 0 fully saturated rings. The van der Waals surface area contributed by atoms with Crippen molar-refractivity contribution in [1.29, 1.82) is 0 Å². The van der Waals surface area contributed by atoms with Crippen molar-refractivity contribution in [3.05, 3.63) is 35.1 Å². The number of ether oxygens (including phenoxy) is 1.